The molecular formula is C14H25N5O2S. The minimum absolute atomic E-state index is 0.499. The van der Waals surface area contributed by atoms with Gasteiger partial charge in [0.15, 0.2) is 0 Å². The molecule has 0 bridgehead atoms. The molecule has 22 heavy (non-hydrogen) atoms. The molecule has 1 aliphatic rings. The standard InChI is InChI=1S/C14H25N5O2S/c1-11-12(2)15-14(17(3)4)16-13(11)18-7-6-8-19(10-9-18)22(5,20)21/h6-10H2,1-5H3. The number of aromatic nitrogens is 2. The number of anilines is 2. The molecule has 8 heteroatoms. The second kappa shape index (κ2) is 6.37. The molecule has 0 atom stereocenters. The lowest BCUT2D eigenvalue weighted by Gasteiger charge is -2.25. The van der Waals surface area contributed by atoms with Gasteiger partial charge in [-0.15, -0.1) is 0 Å². The Morgan fingerprint density at radius 2 is 1.73 bits per heavy atom. The van der Waals surface area contributed by atoms with Gasteiger partial charge in [-0.3, -0.25) is 0 Å². The second-order valence-corrected chi connectivity index (χ2v) is 7.94. The highest BCUT2D eigenvalue weighted by Gasteiger charge is 2.23. The summed E-state index contributed by atoms with van der Waals surface area (Å²) in [6.07, 6.45) is 2.07. The minimum Gasteiger partial charge on any atom is -0.355 e. The van der Waals surface area contributed by atoms with Crippen LogP contribution in [0.4, 0.5) is 11.8 Å². The maximum Gasteiger partial charge on any atom is 0.227 e. The van der Waals surface area contributed by atoms with E-state index in [1.165, 1.54) is 6.26 Å². The highest BCUT2D eigenvalue weighted by molar-refractivity contribution is 7.88. The van der Waals surface area contributed by atoms with Crippen molar-refractivity contribution >= 4 is 21.8 Å². The van der Waals surface area contributed by atoms with Crippen molar-refractivity contribution < 1.29 is 8.42 Å². The molecule has 0 aromatic carbocycles. The summed E-state index contributed by atoms with van der Waals surface area (Å²) in [6.45, 7) is 6.52. The van der Waals surface area contributed by atoms with E-state index in [1.54, 1.807) is 4.31 Å². The summed E-state index contributed by atoms with van der Waals surface area (Å²) in [5.41, 5.74) is 2.01. The smallest absolute Gasteiger partial charge is 0.227 e. The number of nitrogens with zero attached hydrogens (tertiary/aromatic N) is 5. The van der Waals surface area contributed by atoms with Crippen LogP contribution in [0, 0.1) is 13.8 Å². The Hall–Kier alpha value is -1.41. The van der Waals surface area contributed by atoms with Crippen molar-refractivity contribution in [2.24, 2.45) is 0 Å². The van der Waals surface area contributed by atoms with Gasteiger partial charge in [0.2, 0.25) is 16.0 Å². The Bertz CT molecular complexity index is 645. The van der Waals surface area contributed by atoms with Crippen LogP contribution in [-0.4, -0.2) is 69.2 Å². The van der Waals surface area contributed by atoms with Crippen LogP contribution >= 0.6 is 0 Å². The van der Waals surface area contributed by atoms with Gasteiger partial charge in [0.25, 0.3) is 0 Å². The third-order valence-corrected chi connectivity index (χ3v) is 5.28. The Kier molecular flexibility index (Phi) is 4.91. The molecule has 2 heterocycles. The SMILES string of the molecule is Cc1nc(N(C)C)nc(N2CCCN(S(C)(=O)=O)CC2)c1C. The van der Waals surface area contributed by atoms with E-state index in [4.69, 9.17) is 0 Å². The molecule has 124 valence electrons. The lowest BCUT2D eigenvalue weighted by atomic mass is 10.2. The molecule has 1 aromatic heterocycles. The van der Waals surface area contributed by atoms with Crippen LogP contribution in [0.15, 0.2) is 0 Å². The second-order valence-electron chi connectivity index (χ2n) is 5.95. The summed E-state index contributed by atoms with van der Waals surface area (Å²) in [6, 6.07) is 0. The third kappa shape index (κ3) is 3.67. The van der Waals surface area contributed by atoms with Crippen molar-refractivity contribution in [3.05, 3.63) is 11.3 Å². The molecule has 7 nitrogen and oxygen atoms in total. The molecule has 0 unspecified atom stereocenters. The van der Waals surface area contributed by atoms with Crippen LogP contribution < -0.4 is 9.80 Å². The Labute approximate surface area is 133 Å². The van der Waals surface area contributed by atoms with Crippen molar-refractivity contribution in [1.82, 2.24) is 14.3 Å². The monoisotopic (exact) mass is 327 g/mol. The first-order valence-electron chi connectivity index (χ1n) is 7.43. The van der Waals surface area contributed by atoms with Gasteiger partial charge in [-0.05, 0) is 20.3 Å². The zero-order valence-electron chi connectivity index (χ0n) is 14.0. The number of sulfonamides is 1. The summed E-state index contributed by atoms with van der Waals surface area (Å²) in [7, 11) is 0.708. The highest BCUT2D eigenvalue weighted by Crippen LogP contribution is 2.23. The number of rotatable bonds is 3. The molecule has 1 aliphatic heterocycles. The normalized spacial score (nSPS) is 17.4. The van der Waals surface area contributed by atoms with E-state index in [0.29, 0.717) is 25.6 Å². The van der Waals surface area contributed by atoms with Crippen LogP contribution in [0.2, 0.25) is 0 Å². The Morgan fingerprint density at radius 1 is 1.05 bits per heavy atom. The molecule has 0 spiro atoms. The number of hydrogen-bond acceptors (Lipinski definition) is 6. The summed E-state index contributed by atoms with van der Waals surface area (Å²) in [5, 5.41) is 0. The molecule has 0 N–H and O–H groups in total. The highest BCUT2D eigenvalue weighted by atomic mass is 32.2. The van der Waals surface area contributed by atoms with E-state index < -0.39 is 10.0 Å². The zero-order chi connectivity index (χ0) is 16.5. The van der Waals surface area contributed by atoms with Crippen molar-refractivity contribution in [3.63, 3.8) is 0 Å². The molecule has 1 saturated heterocycles. The predicted molar refractivity (Wildman–Crippen MR) is 89.1 cm³/mol. The van der Waals surface area contributed by atoms with Crippen LogP contribution in [0.1, 0.15) is 17.7 Å². The van der Waals surface area contributed by atoms with E-state index in [2.05, 4.69) is 14.9 Å². The van der Waals surface area contributed by atoms with Crippen LogP contribution in [-0.2, 0) is 10.0 Å². The van der Waals surface area contributed by atoms with Crippen molar-refractivity contribution in [1.29, 1.82) is 0 Å². The Morgan fingerprint density at radius 3 is 2.32 bits per heavy atom. The lowest BCUT2D eigenvalue weighted by Crippen LogP contribution is -2.35. The molecule has 1 aromatic rings. The molecule has 1 fully saturated rings. The fraction of sp³-hybridized carbons (Fsp3) is 0.714. The fourth-order valence-electron chi connectivity index (χ4n) is 2.54. The van der Waals surface area contributed by atoms with Crippen LogP contribution in [0.3, 0.4) is 0 Å². The van der Waals surface area contributed by atoms with E-state index in [-0.39, 0.29) is 0 Å². The maximum atomic E-state index is 11.7. The van der Waals surface area contributed by atoms with Crippen molar-refractivity contribution in [2.75, 3.05) is 56.3 Å². The van der Waals surface area contributed by atoms with Crippen molar-refractivity contribution in [2.45, 2.75) is 20.3 Å². The first-order chi connectivity index (χ1) is 10.2. The lowest BCUT2D eigenvalue weighted by molar-refractivity contribution is 0.437. The van der Waals surface area contributed by atoms with E-state index in [9.17, 15) is 8.42 Å². The van der Waals surface area contributed by atoms with Gasteiger partial charge in [-0.1, -0.05) is 0 Å². The minimum atomic E-state index is -3.13. The average molecular weight is 327 g/mol. The van der Waals surface area contributed by atoms with Gasteiger partial charge in [0.1, 0.15) is 5.82 Å². The largest absolute Gasteiger partial charge is 0.355 e. The van der Waals surface area contributed by atoms with Gasteiger partial charge in [0.05, 0.1) is 6.26 Å². The molecule has 0 amide bonds. The molecule has 0 aliphatic carbocycles. The molecule has 0 radical (unpaired) electrons. The molecule has 0 saturated carbocycles. The number of hydrogen-bond donors (Lipinski definition) is 0. The summed E-state index contributed by atoms with van der Waals surface area (Å²) in [5.74, 6) is 1.59. The van der Waals surface area contributed by atoms with Crippen LogP contribution in [0.25, 0.3) is 0 Å². The zero-order valence-corrected chi connectivity index (χ0v) is 14.8. The molecular weight excluding hydrogens is 302 g/mol. The quantitative estimate of drug-likeness (QED) is 0.811. The summed E-state index contributed by atoms with van der Waals surface area (Å²) < 4.78 is 25.0. The van der Waals surface area contributed by atoms with E-state index >= 15 is 0 Å². The fourth-order valence-corrected chi connectivity index (χ4v) is 3.42. The topological polar surface area (TPSA) is 69.6 Å². The first-order valence-corrected chi connectivity index (χ1v) is 9.27. The van der Waals surface area contributed by atoms with E-state index in [1.807, 2.05) is 32.8 Å². The van der Waals surface area contributed by atoms with Gasteiger partial charge in [0, 0.05) is 51.5 Å². The van der Waals surface area contributed by atoms with E-state index in [0.717, 1.165) is 30.0 Å². The summed E-state index contributed by atoms with van der Waals surface area (Å²) >= 11 is 0. The number of aryl methyl sites for hydroxylation is 1. The van der Waals surface area contributed by atoms with Gasteiger partial charge >= 0.3 is 0 Å². The van der Waals surface area contributed by atoms with Crippen LogP contribution in [0.5, 0.6) is 0 Å². The van der Waals surface area contributed by atoms with Gasteiger partial charge in [-0.25, -0.2) is 17.7 Å². The average Bonchev–Trinajstić information content (AvgIpc) is 2.66. The van der Waals surface area contributed by atoms with Gasteiger partial charge < -0.3 is 9.80 Å². The first kappa shape index (κ1) is 17.0. The maximum absolute atomic E-state index is 11.7. The predicted octanol–water partition coefficient (Wildman–Crippen LogP) is 0.631. The van der Waals surface area contributed by atoms with Gasteiger partial charge in [-0.2, -0.15) is 4.98 Å². The Balaban J connectivity index is 2.28. The summed E-state index contributed by atoms with van der Waals surface area (Å²) in [4.78, 5) is 13.2. The third-order valence-electron chi connectivity index (χ3n) is 3.98. The van der Waals surface area contributed by atoms with Crippen molar-refractivity contribution in [3.8, 4) is 0 Å². The molecule has 2 rings (SSSR count).